The second-order valence-electron chi connectivity index (χ2n) is 12.3. The zero-order valence-corrected chi connectivity index (χ0v) is 21.3. The molecular weight excluding hydrogens is 458 g/mol. The van der Waals surface area contributed by atoms with Gasteiger partial charge in [-0.1, -0.05) is 32.0 Å². The topological polar surface area (TPSA) is 97.9 Å². The number of para-hydroxylation sites is 1. The Balaban J connectivity index is 1.36. The SMILES string of the molecule is CC(=O)OC1(C)COC23CCC4(C)C(O)(CCC5Cc6c([nH]c7ccccc67)C54C)C2=CC(=O)C1O3. The third kappa shape index (κ3) is 2.40. The maximum Gasteiger partial charge on any atom is 0.303 e. The van der Waals surface area contributed by atoms with Crippen LogP contribution in [0.1, 0.15) is 64.6 Å². The van der Waals surface area contributed by atoms with Gasteiger partial charge in [-0.2, -0.15) is 0 Å². The lowest BCUT2D eigenvalue weighted by Crippen LogP contribution is -2.74. The van der Waals surface area contributed by atoms with Crippen molar-refractivity contribution < 1.29 is 28.9 Å². The molecule has 1 spiro atoms. The number of hydrogen-bond donors (Lipinski definition) is 2. The Hall–Kier alpha value is -2.48. The number of carbonyl (C=O) groups is 2. The number of esters is 1. The van der Waals surface area contributed by atoms with Crippen LogP contribution in [-0.4, -0.2) is 51.5 Å². The second kappa shape index (κ2) is 6.69. The molecule has 3 aliphatic carbocycles. The highest BCUT2D eigenvalue weighted by Crippen LogP contribution is 2.71. The van der Waals surface area contributed by atoms with Gasteiger partial charge in [-0.05, 0) is 56.2 Å². The highest BCUT2D eigenvalue weighted by atomic mass is 16.7. The fraction of sp³-hybridized carbons (Fsp3) is 0.586. The first kappa shape index (κ1) is 22.7. The van der Waals surface area contributed by atoms with Crippen molar-refractivity contribution in [1.29, 1.82) is 0 Å². The van der Waals surface area contributed by atoms with Crippen molar-refractivity contribution in [3.05, 3.63) is 47.2 Å². The van der Waals surface area contributed by atoms with Gasteiger partial charge >= 0.3 is 5.97 Å². The molecule has 1 aromatic carbocycles. The van der Waals surface area contributed by atoms with Crippen molar-refractivity contribution in [2.75, 3.05) is 6.61 Å². The Bertz CT molecular complexity index is 1380. The summed E-state index contributed by atoms with van der Waals surface area (Å²) in [6.45, 7) is 7.52. The Morgan fingerprint density at radius 2 is 1.94 bits per heavy atom. The molecule has 1 saturated heterocycles. The van der Waals surface area contributed by atoms with Crippen molar-refractivity contribution in [2.24, 2.45) is 11.3 Å². The molecule has 3 fully saturated rings. The molecular formula is C29H33NO6. The number of aromatic nitrogens is 1. The van der Waals surface area contributed by atoms with E-state index >= 15 is 0 Å². The van der Waals surface area contributed by atoms with Crippen LogP contribution in [0.4, 0.5) is 0 Å². The molecule has 2 N–H and O–H groups in total. The average Bonchev–Trinajstić information content (AvgIpc) is 3.34. The van der Waals surface area contributed by atoms with E-state index < -0.39 is 34.5 Å². The molecule has 7 rings (SSSR count). The van der Waals surface area contributed by atoms with Crippen LogP contribution < -0.4 is 0 Å². The number of ketones is 1. The summed E-state index contributed by atoms with van der Waals surface area (Å²) in [5.74, 6) is -1.55. The van der Waals surface area contributed by atoms with Crippen LogP contribution in [0, 0.1) is 11.3 Å². The number of nitrogens with one attached hydrogen (secondary N) is 1. The van der Waals surface area contributed by atoms with E-state index in [0.29, 0.717) is 30.8 Å². The molecule has 1 aromatic heterocycles. The van der Waals surface area contributed by atoms with Gasteiger partial charge in [0, 0.05) is 46.3 Å². The van der Waals surface area contributed by atoms with Crippen molar-refractivity contribution in [2.45, 2.75) is 88.3 Å². The summed E-state index contributed by atoms with van der Waals surface area (Å²) in [6, 6.07) is 8.43. The number of ether oxygens (including phenoxy) is 3. The first-order valence-corrected chi connectivity index (χ1v) is 13.1. The van der Waals surface area contributed by atoms with E-state index in [2.05, 4.69) is 37.0 Å². The Labute approximate surface area is 210 Å². The molecule has 2 aromatic rings. The fourth-order valence-corrected chi connectivity index (χ4v) is 8.65. The maximum absolute atomic E-state index is 13.4. The van der Waals surface area contributed by atoms with Gasteiger partial charge in [-0.15, -0.1) is 0 Å². The Morgan fingerprint density at radius 1 is 1.17 bits per heavy atom. The predicted octanol–water partition coefficient (Wildman–Crippen LogP) is 3.87. The van der Waals surface area contributed by atoms with Crippen LogP contribution in [0.2, 0.25) is 0 Å². The van der Waals surface area contributed by atoms with Gasteiger partial charge in [-0.25, -0.2) is 0 Å². The van der Waals surface area contributed by atoms with Crippen LogP contribution in [0.25, 0.3) is 10.9 Å². The lowest BCUT2D eigenvalue weighted by Gasteiger charge is -2.67. The number of carbonyl (C=O) groups excluding carboxylic acids is 2. The van der Waals surface area contributed by atoms with E-state index in [4.69, 9.17) is 14.2 Å². The molecule has 7 unspecified atom stereocenters. The Kier molecular flexibility index (Phi) is 4.21. The smallest absolute Gasteiger partial charge is 0.303 e. The fourth-order valence-electron chi connectivity index (χ4n) is 8.65. The van der Waals surface area contributed by atoms with Crippen LogP contribution in [0.3, 0.4) is 0 Å². The van der Waals surface area contributed by atoms with E-state index in [0.717, 1.165) is 18.4 Å². The van der Waals surface area contributed by atoms with Gasteiger partial charge in [0.1, 0.15) is 0 Å². The number of aliphatic hydroxyl groups is 1. The number of aromatic amines is 1. The zero-order chi connectivity index (χ0) is 25.3. The molecule has 36 heavy (non-hydrogen) atoms. The number of hydrogen-bond acceptors (Lipinski definition) is 6. The largest absolute Gasteiger partial charge is 0.454 e. The van der Waals surface area contributed by atoms with Crippen molar-refractivity contribution in [3.63, 3.8) is 0 Å². The third-order valence-corrected chi connectivity index (χ3v) is 10.7. The average molecular weight is 492 g/mol. The van der Waals surface area contributed by atoms with Crippen molar-refractivity contribution in [1.82, 2.24) is 4.98 Å². The molecule has 0 radical (unpaired) electrons. The number of rotatable bonds is 1. The van der Waals surface area contributed by atoms with E-state index in [-0.39, 0.29) is 17.8 Å². The van der Waals surface area contributed by atoms with Crippen molar-refractivity contribution >= 4 is 22.7 Å². The Morgan fingerprint density at radius 3 is 2.72 bits per heavy atom. The van der Waals surface area contributed by atoms with E-state index in [1.54, 1.807) is 13.0 Å². The molecule has 5 aliphatic rings. The first-order chi connectivity index (χ1) is 17.0. The van der Waals surface area contributed by atoms with Gasteiger partial charge < -0.3 is 24.3 Å². The van der Waals surface area contributed by atoms with Gasteiger partial charge in [0.15, 0.2) is 23.3 Å². The van der Waals surface area contributed by atoms with Crippen LogP contribution in [-0.2, 0) is 35.6 Å². The zero-order valence-electron chi connectivity index (χ0n) is 21.3. The molecule has 2 saturated carbocycles. The maximum atomic E-state index is 13.4. The number of benzene rings is 1. The molecule has 7 heteroatoms. The third-order valence-electron chi connectivity index (χ3n) is 10.7. The molecule has 0 amide bonds. The quantitative estimate of drug-likeness (QED) is 0.588. The molecule has 3 heterocycles. The highest BCUT2D eigenvalue weighted by molar-refractivity contribution is 5.97. The summed E-state index contributed by atoms with van der Waals surface area (Å²) in [5, 5.41) is 13.9. The van der Waals surface area contributed by atoms with Gasteiger partial charge in [-0.3, -0.25) is 9.59 Å². The second-order valence-corrected chi connectivity index (χ2v) is 12.3. The van der Waals surface area contributed by atoms with Gasteiger partial charge in [0.25, 0.3) is 0 Å². The van der Waals surface area contributed by atoms with E-state index in [9.17, 15) is 14.7 Å². The monoisotopic (exact) mass is 491 g/mol. The number of H-pyrrole nitrogens is 1. The van der Waals surface area contributed by atoms with E-state index in [1.165, 1.54) is 23.6 Å². The summed E-state index contributed by atoms with van der Waals surface area (Å²) in [4.78, 5) is 28.9. The normalized spacial score (nSPS) is 44.8. The summed E-state index contributed by atoms with van der Waals surface area (Å²) in [6.07, 6.45) is 4.17. The highest BCUT2D eigenvalue weighted by Gasteiger charge is 2.74. The summed E-state index contributed by atoms with van der Waals surface area (Å²) in [5.41, 5.74) is 0.933. The van der Waals surface area contributed by atoms with Gasteiger partial charge in [0.2, 0.25) is 0 Å². The molecule has 2 bridgehead atoms. The molecule has 2 aliphatic heterocycles. The van der Waals surface area contributed by atoms with Gasteiger partial charge in [0.05, 0.1) is 12.2 Å². The van der Waals surface area contributed by atoms with Crippen LogP contribution in [0.5, 0.6) is 0 Å². The minimum absolute atomic E-state index is 0.0409. The summed E-state index contributed by atoms with van der Waals surface area (Å²) in [7, 11) is 0. The lowest BCUT2D eigenvalue weighted by molar-refractivity contribution is -0.350. The van der Waals surface area contributed by atoms with Crippen molar-refractivity contribution in [3.8, 4) is 0 Å². The minimum atomic E-state index is -1.27. The van der Waals surface area contributed by atoms with Crippen LogP contribution in [0.15, 0.2) is 35.9 Å². The first-order valence-electron chi connectivity index (χ1n) is 13.1. The summed E-state index contributed by atoms with van der Waals surface area (Å²) >= 11 is 0. The summed E-state index contributed by atoms with van der Waals surface area (Å²) < 4.78 is 18.2. The molecule has 190 valence electrons. The number of fused-ring (bicyclic) bond motifs is 9. The van der Waals surface area contributed by atoms with Crippen LogP contribution >= 0.6 is 0 Å². The molecule has 7 nitrogen and oxygen atoms in total. The lowest BCUT2D eigenvalue weighted by atomic mass is 9.42. The minimum Gasteiger partial charge on any atom is -0.454 e. The van der Waals surface area contributed by atoms with E-state index in [1.807, 2.05) is 6.07 Å². The molecule has 7 atom stereocenters. The standard InChI is InChI=1S/C29H33NO6/c1-16(31)35-25(2)15-34-29-12-11-26(3)27(4)17(13-19-18-7-5-6-8-20(18)30-23(19)27)9-10-28(26,33)22(29)14-21(32)24(25)36-29/h5-8,14,17,24,30,33H,9-13,15H2,1-4H3. The predicted molar refractivity (Wildman–Crippen MR) is 131 cm³/mol.